The van der Waals surface area contributed by atoms with Crippen LogP contribution in [0.15, 0.2) is 82.6 Å². The minimum atomic E-state index is 0.516. The molecule has 0 unspecified atom stereocenters. The SMILES string of the molecule is Cc1cc(-c2cc(C)c3c(c2)CN(c2ccccc2S)CO3)cc2c1OCN(c1ccccc1S)C2. The highest BCUT2D eigenvalue weighted by molar-refractivity contribution is 7.80. The Kier molecular flexibility index (Phi) is 6.02. The summed E-state index contributed by atoms with van der Waals surface area (Å²) >= 11 is 9.31. The van der Waals surface area contributed by atoms with Crippen LogP contribution in [0.25, 0.3) is 11.1 Å². The van der Waals surface area contributed by atoms with Gasteiger partial charge in [0, 0.05) is 34.0 Å². The van der Waals surface area contributed by atoms with Gasteiger partial charge in [0.15, 0.2) is 13.5 Å². The van der Waals surface area contributed by atoms with E-state index in [1.54, 1.807) is 0 Å². The summed E-state index contributed by atoms with van der Waals surface area (Å²) in [6.45, 7) is 6.85. The summed E-state index contributed by atoms with van der Waals surface area (Å²) < 4.78 is 12.4. The van der Waals surface area contributed by atoms with Crippen LogP contribution in [0.1, 0.15) is 22.3 Å². The van der Waals surface area contributed by atoms with Gasteiger partial charge in [0.1, 0.15) is 11.5 Å². The molecule has 2 aliphatic heterocycles. The maximum atomic E-state index is 6.21. The van der Waals surface area contributed by atoms with Crippen molar-refractivity contribution in [2.24, 2.45) is 0 Å². The Bertz CT molecular complexity index is 1360. The van der Waals surface area contributed by atoms with Gasteiger partial charge >= 0.3 is 0 Å². The van der Waals surface area contributed by atoms with E-state index in [-0.39, 0.29) is 0 Å². The van der Waals surface area contributed by atoms with Gasteiger partial charge in [-0.1, -0.05) is 24.3 Å². The molecule has 0 spiro atoms. The second kappa shape index (κ2) is 9.34. The standard InChI is InChI=1S/C30H28N2O2S2/c1-19-11-21(13-23-15-31(17-33-29(19)23)25-7-3-5-9-27(25)35)22-12-20(2)30-24(14-22)16-32(18-34-30)26-8-4-6-10-28(26)36/h3-14,35-36H,15-18H2,1-2H3. The van der Waals surface area contributed by atoms with Crippen molar-refractivity contribution in [2.75, 3.05) is 23.3 Å². The molecule has 0 aromatic heterocycles. The zero-order chi connectivity index (χ0) is 24.8. The number of hydrogen-bond donors (Lipinski definition) is 2. The minimum absolute atomic E-state index is 0.516. The van der Waals surface area contributed by atoms with Crippen LogP contribution in [0.4, 0.5) is 11.4 Å². The van der Waals surface area contributed by atoms with Crippen LogP contribution >= 0.6 is 25.3 Å². The molecule has 0 fully saturated rings. The molecule has 182 valence electrons. The second-order valence-corrected chi connectivity index (χ2v) is 10.4. The lowest BCUT2D eigenvalue weighted by Gasteiger charge is -2.33. The topological polar surface area (TPSA) is 24.9 Å². The third kappa shape index (κ3) is 4.18. The molecule has 0 bridgehead atoms. The van der Waals surface area contributed by atoms with Crippen LogP contribution in [-0.4, -0.2) is 13.5 Å². The Labute approximate surface area is 223 Å². The van der Waals surface area contributed by atoms with Crippen molar-refractivity contribution in [1.29, 1.82) is 0 Å². The van der Waals surface area contributed by atoms with Crippen LogP contribution in [0, 0.1) is 13.8 Å². The van der Waals surface area contributed by atoms with Gasteiger partial charge in [0.2, 0.25) is 0 Å². The number of anilines is 2. The maximum Gasteiger partial charge on any atom is 0.161 e. The molecule has 36 heavy (non-hydrogen) atoms. The largest absolute Gasteiger partial charge is 0.472 e. The number of thiol groups is 2. The average molecular weight is 513 g/mol. The summed E-state index contributed by atoms with van der Waals surface area (Å²) in [5, 5.41) is 0. The van der Waals surface area contributed by atoms with E-state index in [0.29, 0.717) is 13.5 Å². The molecule has 2 aliphatic rings. The van der Waals surface area contributed by atoms with Crippen LogP contribution in [-0.2, 0) is 13.1 Å². The molecule has 2 heterocycles. The first-order valence-corrected chi connectivity index (χ1v) is 13.0. The number of rotatable bonds is 3. The van der Waals surface area contributed by atoms with E-state index < -0.39 is 0 Å². The Hall–Kier alpha value is -3.22. The Morgan fingerprint density at radius 3 is 1.44 bits per heavy atom. The van der Waals surface area contributed by atoms with Gasteiger partial charge in [-0.15, -0.1) is 25.3 Å². The minimum Gasteiger partial charge on any atom is -0.472 e. The molecular weight excluding hydrogens is 484 g/mol. The number of fused-ring (bicyclic) bond motifs is 2. The highest BCUT2D eigenvalue weighted by Gasteiger charge is 2.24. The third-order valence-electron chi connectivity index (χ3n) is 6.93. The zero-order valence-corrected chi connectivity index (χ0v) is 22.2. The summed E-state index contributed by atoms with van der Waals surface area (Å²) in [6, 6.07) is 25.3. The summed E-state index contributed by atoms with van der Waals surface area (Å²) in [5.41, 5.74) is 9.22. The number of nitrogens with zero attached hydrogens (tertiary/aromatic N) is 2. The highest BCUT2D eigenvalue weighted by Crippen LogP contribution is 2.40. The average Bonchev–Trinajstić information content (AvgIpc) is 2.88. The first kappa shape index (κ1) is 23.2. The molecule has 6 heteroatoms. The van der Waals surface area contributed by atoms with Crippen molar-refractivity contribution >= 4 is 36.6 Å². The van der Waals surface area contributed by atoms with Crippen molar-refractivity contribution in [3.05, 3.63) is 95.1 Å². The van der Waals surface area contributed by atoms with E-state index in [0.717, 1.165) is 56.9 Å². The van der Waals surface area contributed by atoms with Crippen molar-refractivity contribution in [2.45, 2.75) is 36.7 Å². The number of benzene rings is 4. The van der Waals surface area contributed by atoms with Gasteiger partial charge in [0.25, 0.3) is 0 Å². The molecule has 0 atom stereocenters. The summed E-state index contributed by atoms with van der Waals surface area (Å²) in [5.74, 6) is 1.97. The molecule has 0 saturated heterocycles. The lowest BCUT2D eigenvalue weighted by Crippen LogP contribution is -2.32. The molecule has 0 aliphatic carbocycles. The van der Waals surface area contributed by atoms with Crippen molar-refractivity contribution in [3.8, 4) is 22.6 Å². The van der Waals surface area contributed by atoms with Crippen LogP contribution in [0.3, 0.4) is 0 Å². The Balaban J connectivity index is 1.34. The summed E-state index contributed by atoms with van der Waals surface area (Å²) in [6.07, 6.45) is 0. The van der Waals surface area contributed by atoms with E-state index in [4.69, 9.17) is 9.47 Å². The molecule has 4 aromatic carbocycles. The van der Waals surface area contributed by atoms with Gasteiger partial charge in [-0.25, -0.2) is 0 Å². The summed E-state index contributed by atoms with van der Waals surface area (Å²) in [4.78, 5) is 6.37. The van der Waals surface area contributed by atoms with E-state index >= 15 is 0 Å². The maximum absolute atomic E-state index is 6.21. The van der Waals surface area contributed by atoms with Gasteiger partial charge in [-0.05, 0) is 84.6 Å². The van der Waals surface area contributed by atoms with Crippen LogP contribution < -0.4 is 19.3 Å². The molecule has 0 amide bonds. The van der Waals surface area contributed by atoms with E-state index in [9.17, 15) is 0 Å². The van der Waals surface area contributed by atoms with Crippen LogP contribution in [0.2, 0.25) is 0 Å². The normalized spacial score (nSPS) is 14.6. The predicted molar refractivity (Wildman–Crippen MR) is 152 cm³/mol. The number of ether oxygens (including phenoxy) is 2. The predicted octanol–water partition coefficient (Wildman–Crippen LogP) is 7.26. The van der Waals surface area contributed by atoms with Gasteiger partial charge < -0.3 is 19.3 Å². The lowest BCUT2D eigenvalue weighted by atomic mass is 9.94. The number of hydrogen-bond acceptors (Lipinski definition) is 6. The fraction of sp³-hybridized carbons (Fsp3) is 0.200. The molecule has 4 nitrogen and oxygen atoms in total. The fourth-order valence-corrected chi connectivity index (χ4v) is 5.84. The molecule has 4 aromatic rings. The molecule has 0 radical (unpaired) electrons. The Morgan fingerprint density at radius 1 is 0.611 bits per heavy atom. The second-order valence-electron chi connectivity index (χ2n) is 9.48. The van der Waals surface area contributed by atoms with Gasteiger partial charge in [0.05, 0.1) is 11.4 Å². The highest BCUT2D eigenvalue weighted by atomic mass is 32.1. The van der Waals surface area contributed by atoms with Gasteiger partial charge in [-0.2, -0.15) is 0 Å². The smallest absolute Gasteiger partial charge is 0.161 e. The molecule has 0 saturated carbocycles. The van der Waals surface area contributed by atoms with E-state index in [1.807, 2.05) is 36.4 Å². The van der Waals surface area contributed by atoms with Gasteiger partial charge in [-0.3, -0.25) is 0 Å². The quantitative estimate of drug-likeness (QED) is 0.282. The van der Waals surface area contributed by atoms with Crippen molar-refractivity contribution in [3.63, 3.8) is 0 Å². The monoisotopic (exact) mass is 512 g/mol. The molecule has 0 N–H and O–H groups in total. The van der Waals surface area contributed by atoms with Crippen molar-refractivity contribution < 1.29 is 9.47 Å². The lowest BCUT2D eigenvalue weighted by molar-refractivity contribution is 0.286. The Morgan fingerprint density at radius 2 is 1.03 bits per heavy atom. The molecular formula is C30H28N2O2S2. The van der Waals surface area contributed by atoms with Crippen LogP contribution in [0.5, 0.6) is 11.5 Å². The first-order valence-electron chi connectivity index (χ1n) is 12.1. The third-order valence-corrected chi connectivity index (χ3v) is 7.69. The summed E-state index contributed by atoms with van der Waals surface area (Å²) in [7, 11) is 0. The van der Waals surface area contributed by atoms with Crippen molar-refractivity contribution in [1.82, 2.24) is 0 Å². The first-order chi connectivity index (χ1) is 17.5. The zero-order valence-electron chi connectivity index (χ0n) is 20.4. The fourth-order valence-electron chi connectivity index (χ4n) is 5.24. The number of aryl methyl sites for hydroxylation is 2. The van der Waals surface area contributed by atoms with E-state index in [2.05, 4.69) is 85.3 Å². The molecule has 6 rings (SSSR count). The number of para-hydroxylation sites is 2. The van der Waals surface area contributed by atoms with E-state index in [1.165, 1.54) is 22.3 Å².